The van der Waals surface area contributed by atoms with Crippen LogP contribution in [0, 0.1) is 18.2 Å². The third-order valence-electron chi connectivity index (χ3n) is 2.63. The molecule has 0 aliphatic rings. The standard InChI is InChI=1S/C14H14FNO3/c1-4-14(3,5-2)19-13(18)16-12(17)10-8-6-7-9-11(10)15/h1,6-9H,5H2,2-3H3,(H,16,17,18)/t14-/m1/s1. The zero-order valence-electron chi connectivity index (χ0n) is 10.7. The SMILES string of the molecule is C#C[C@](C)(CC)OC(=O)NC(=O)c1ccccc1F. The van der Waals surface area contributed by atoms with Crippen molar-refractivity contribution < 1.29 is 18.7 Å². The quantitative estimate of drug-likeness (QED) is 0.852. The number of imide groups is 1. The van der Waals surface area contributed by atoms with Gasteiger partial charge in [-0.3, -0.25) is 10.1 Å². The minimum Gasteiger partial charge on any atom is -0.430 e. The molecular formula is C14H14FNO3. The number of halogens is 1. The number of terminal acetylenes is 1. The van der Waals surface area contributed by atoms with Gasteiger partial charge in [0.25, 0.3) is 5.91 Å². The Morgan fingerprint density at radius 2 is 2.11 bits per heavy atom. The van der Waals surface area contributed by atoms with Crippen molar-refractivity contribution in [1.82, 2.24) is 5.32 Å². The fourth-order valence-electron chi connectivity index (χ4n) is 1.24. The predicted octanol–water partition coefficient (Wildman–Crippen LogP) is 2.49. The molecule has 1 N–H and O–H groups in total. The second-order valence-electron chi connectivity index (χ2n) is 4.05. The van der Waals surface area contributed by atoms with E-state index in [0.29, 0.717) is 6.42 Å². The number of hydrogen-bond donors (Lipinski definition) is 1. The Labute approximate surface area is 111 Å². The molecule has 0 radical (unpaired) electrons. The highest BCUT2D eigenvalue weighted by atomic mass is 19.1. The van der Waals surface area contributed by atoms with Crippen LogP contribution in [0.15, 0.2) is 24.3 Å². The van der Waals surface area contributed by atoms with Gasteiger partial charge in [0.1, 0.15) is 5.82 Å². The van der Waals surface area contributed by atoms with Crippen LogP contribution in [0.2, 0.25) is 0 Å². The Hall–Kier alpha value is -2.35. The summed E-state index contributed by atoms with van der Waals surface area (Å²) < 4.78 is 18.3. The third kappa shape index (κ3) is 3.81. The molecule has 0 saturated heterocycles. The van der Waals surface area contributed by atoms with E-state index in [1.165, 1.54) is 18.2 Å². The summed E-state index contributed by atoms with van der Waals surface area (Å²) >= 11 is 0. The molecule has 0 aliphatic heterocycles. The van der Waals surface area contributed by atoms with Crippen LogP contribution >= 0.6 is 0 Å². The van der Waals surface area contributed by atoms with E-state index in [9.17, 15) is 14.0 Å². The lowest BCUT2D eigenvalue weighted by atomic mass is 10.1. The molecule has 0 aromatic heterocycles. The average molecular weight is 263 g/mol. The van der Waals surface area contributed by atoms with Crippen LogP contribution in [0.5, 0.6) is 0 Å². The maximum absolute atomic E-state index is 13.3. The number of benzene rings is 1. The van der Waals surface area contributed by atoms with E-state index in [1.54, 1.807) is 13.8 Å². The molecule has 4 nitrogen and oxygen atoms in total. The summed E-state index contributed by atoms with van der Waals surface area (Å²) in [5.41, 5.74) is -1.34. The number of hydrogen-bond acceptors (Lipinski definition) is 3. The van der Waals surface area contributed by atoms with Crippen LogP contribution in [-0.2, 0) is 4.74 Å². The van der Waals surface area contributed by atoms with Crippen LogP contribution < -0.4 is 5.32 Å². The number of rotatable bonds is 3. The summed E-state index contributed by atoms with van der Waals surface area (Å²) in [6, 6.07) is 5.31. The zero-order chi connectivity index (χ0) is 14.5. The molecule has 1 atom stereocenters. The fourth-order valence-corrected chi connectivity index (χ4v) is 1.24. The van der Waals surface area contributed by atoms with Gasteiger partial charge in [-0.2, -0.15) is 0 Å². The van der Waals surface area contributed by atoms with E-state index in [2.05, 4.69) is 5.92 Å². The van der Waals surface area contributed by atoms with E-state index in [1.807, 2.05) is 5.32 Å². The van der Waals surface area contributed by atoms with Gasteiger partial charge in [0.2, 0.25) is 0 Å². The first-order chi connectivity index (χ1) is 8.91. The summed E-state index contributed by atoms with van der Waals surface area (Å²) in [6.45, 7) is 3.28. The number of carbonyl (C=O) groups excluding carboxylic acids is 2. The normalized spacial score (nSPS) is 12.9. The first kappa shape index (κ1) is 14.7. The molecule has 2 amide bonds. The fraction of sp³-hybridized carbons (Fsp3) is 0.286. The van der Waals surface area contributed by atoms with Crippen molar-refractivity contribution in [3.05, 3.63) is 35.6 Å². The second-order valence-corrected chi connectivity index (χ2v) is 4.05. The second kappa shape index (κ2) is 6.01. The largest absolute Gasteiger partial charge is 0.430 e. The van der Waals surface area contributed by atoms with E-state index in [0.717, 1.165) is 6.07 Å². The molecule has 5 heteroatoms. The highest BCUT2D eigenvalue weighted by Crippen LogP contribution is 2.14. The molecule has 100 valence electrons. The first-order valence-electron chi connectivity index (χ1n) is 5.68. The zero-order valence-corrected chi connectivity index (χ0v) is 10.7. The number of ether oxygens (including phenoxy) is 1. The van der Waals surface area contributed by atoms with Gasteiger partial charge in [0.05, 0.1) is 5.56 Å². The number of amides is 2. The van der Waals surface area contributed by atoms with E-state index in [4.69, 9.17) is 11.2 Å². The summed E-state index contributed by atoms with van der Waals surface area (Å²) in [5, 5.41) is 1.93. The minimum absolute atomic E-state index is 0.238. The van der Waals surface area contributed by atoms with Gasteiger partial charge in [-0.1, -0.05) is 25.0 Å². The van der Waals surface area contributed by atoms with Gasteiger partial charge in [-0.05, 0) is 25.5 Å². The Kier molecular flexibility index (Phi) is 4.65. The molecule has 0 saturated carbocycles. The van der Waals surface area contributed by atoms with Crippen molar-refractivity contribution in [2.75, 3.05) is 0 Å². The lowest BCUT2D eigenvalue weighted by Crippen LogP contribution is -2.38. The molecule has 0 bridgehead atoms. The van der Waals surface area contributed by atoms with Gasteiger partial charge in [0, 0.05) is 0 Å². The van der Waals surface area contributed by atoms with Crippen LogP contribution in [0.4, 0.5) is 9.18 Å². The Bertz CT molecular complexity index is 536. The molecule has 1 rings (SSSR count). The molecular weight excluding hydrogens is 249 g/mol. The summed E-state index contributed by atoms with van der Waals surface area (Å²) in [7, 11) is 0. The Morgan fingerprint density at radius 1 is 1.47 bits per heavy atom. The molecule has 0 heterocycles. The average Bonchev–Trinajstić information content (AvgIpc) is 2.38. The smallest absolute Gasteiger partial charge is 0.415 e. The Morgan fingerprint density at radius 3 is 2.63 bits per heavy atom. The van der Waals surface area contributed by atoms with Crippen molar-refractivity contribution >= 4 is 12.0 Å². The van der Waals surface area contributed by atoms with E-state index in [-0.39, 0.29) is 5.56 Å². The van der Waals surface area contributed by atoms with Crippen LogP contribution in [0.3, 0.4) is 0 Å². The first-order valence-corrected chi connectivity index (χ1v) is 5.68. The van der Waals surface area contributed by atoms with Gasteiger partial charge in [-0.25, -0.2) is 9.18 Å². The number of carbonyl (C=O) groups is 2. The molecule has 1 aromatic carbocycles. The van der Waals surface area contributed by atoms with Crippen molar-refractivity contribution in [2.24, 2.45) is 0 Å². The summed E-state index contributed by atoms with van der Waals surface area (Å²) in [5.74, 6) is 0.719. The summed E-state index contributed by atoms with van der Waals surface area (Å²) in [4.78, 5) is 23.1. The molecule has 19 heavy (non-hydrogen) atoms. The minimum atomic E-state index is -1.10. The van der Waals surface area contributed by atoms with Crippen LogP contribution in [-0.4, -0.2) is 17.6 Å². The lowest BCUT2D eigenvalue weighted by molar-refractivity contribution is 0.0601. The van der Waals surface area contributed by atoms with Crippen molar-refractivity contribution in [2.45, 2.75) is 25.9 Å². The van der Waals surface area contributed by atoms with Crippen molar-refractivity contribution in [3.63, 3.8) is 0 Å². The molecule has 0 aliphatic carbocycles. The van der Waals surface area contributed by atoms with Gasteiger partial charge >= 0.3 is 6.09 Å². The third-order valence-corrected chi connectivity index (χ3v) is 2.63. The maximum atomic E-state index is 13.3. The lowest BCUT2D eigenvalue weighted by Gasteiger charge is -2.21. The molecule has 1 aromatic rings. The van der Waals surface area contributed by atoms with Gasteiger partial charge in [0.15, 0.2) is 5.60 Å². The maximum Gasteiger partial charge on any atom is 0.415 e. The highest BCUT2D eigenvalue weighted by molar-refractivity contribution is 6.03. The van der Waals surface area contributed by atoms with Gasteiger partial charge in [-0.15, -0.1) is 6.42 Å². The van der Waals surface area contributed by atoms with E-state index < -0.39 is 23.4 Å². The van der Waals surface area contributed by atoms with Crippen molar-refractivity contribution in [3.8, 4) is 12.3 Å². The molecule has 0 fully saturated rings. The number of alkyl carbamates (subject to hydrolysis) is 1. The van der Waals surface area contributed by atoms with E-state index >= 15 is 0 Å². The predicted molar refractivity (Wildman–Crippen MR) is 67.9 cm³/mol. The Balaban J connectivity index is 2.71. The van der Waals surface area contributed by atoms with Crippen LogP contribution in [0.25, 0.3) is 0 Å². The molecule has 0 spiro atoms. The highest BCUT2D eigenvalue weighted by Gasteiger charge is 2.25. The van der Waals surface area contributed by atoms with Crippen molar-refractivity contribution in [1.29, 1.82) is 0 Å². The monoisotopic (exact) mass is 263 g/mol. The topological polar surface area (TPSA) is 55.4 Å². The van der Waals surface area contributed by atoms with Gasteiger partial charge < -0.3 is 4.74 Å². The number of nitrogens with one attached hydrogen (secondary N) is 1. The summed E-state index contributed by atoms with van der Waals surface area (Å²) in [6.07, 6.45) is 4.62. The van der Waals surface area contributed by atoms with Crippen LogP contribution in [0.1, 0.15) is 30.6 Å². The molecule has 0 unspecified atom stereocenters.